The van der Waals surface area contributed by atoms with E-state index in [-0.39, 0.29) is 17.7 Å². The molecule has 0 radical (unpaired) electrons. The van der Waals surface area contributed by atoms with Crippen molar-refractivity contribution in [3.05, 3.63) is 42.1 Å². The minimum atomic E-state index is -0.318. The number of amides is 1. The summed E-state index contributed by atoms with van der Waals surface area (Å²) in [6.07, 6.45) is 1.07. The summed E-state index contributed by atoms with van der Waals surface area (Å²) < 4.78 is 5.70. The van der Waals surface area contributed by atoms with Crippen molar-refractivity contribution in [2.45, 2.75) is 40.2 Å². The zero-order valence-corrected chi connectivity index (χ0v) is 15.2. The quantitative estimate of drug-likeness (QED) is 0.759. The average Bonchev–Trinajstić information content (AvgIpc) is 2.56. The predicted molar refractivity (Wildman–Crippen MR) is 100 cm³/mol. The van der Waals surface area contributed by atoms with E-state index in [1.165, 1.54) is 0 Å². The number of carbonyl (C=O) groups excluding carboxylic acids is 1. The van der Waals surface area contributed by atoms with Gasteiger partial charge in [0.2, 0.25) is 0 Å². The average molecular weight is 342 g/mol. The number of nitrogens with zero attached hydrogens (tertiary/aromatic N) is 2. The first-order valence-corrected chi connectivity index (χ1v) is 8.60. The van der Waals surface area contributed by atoms with Crippen LogP contribution in [0, 0.1) is 5.92 Å². The molecular weight excluding hydrogens is 316 g/mol. The van der Waals surface area contributed by atoms with E-state index in [0.717, 1.165) is 13.0 Å². The summed E-state index contributed by atoms with van der Waals surface area (Å²) in [6.45, 7) is 9.05. The van der Waals surface area contributed by atoms with Crippen molar-refractivity contribution >= 4 is 17.4 Å². The Morgan fingerprint density at radius 3 is 2.48 bits per heavy atom. The number of carbonyl (C=O) groups is 1. The summed E-state index contributed by atoms with van der Waals surface area (Å²) in [5.74, 6) is 1.60. The second-order valence-electron chi connectivity index (χ2n) is 6.53. The Hall–Kier alpha value is -2.63. The zero-order chi connectivity index (χ0) is 18.2. The van der Waals surface area contributed by atoms with Crippen LogP contribution in [-0.2, 0) is 0 Å². The van der Waals surface area contributed by atoms with Crippen molar-refractivity contribution < 1.29 is 9.53 Å². The van der Waals surface area contributed by atoms with Crippen molar-refractivity contribution in [3.63, 3.8) is 0 Å². The number of benzene rings is 1. The van der Waals surface area contributed by atoms with Gasteiger partial charge in [-0.15, -0.1) is 10.2 Å². The summed E-state index contributed by atoms with van der Waals surface area (Å²) in [5, 5.41) is 14.1. The van der Waals surface area contributed by atoms with Crippen LogP contribution < -0.4 is 15.4 Å². The molecule has 25 heavy (non-hydrogen) atoms. The molecule has 0 saturated carbocycles. The summed E-state index contributed by atoms with van der Waals surface area (Å²) >= 11 is 0. The number of nitrogens with one attached hydrogen (secondary N) is 2. The molecule has 0 bridgehead atoms. The molecule has 1 amide bonds. The van der Waals surface area contributed by atoms with Gasteiger partial charge >= 0.3 is 0 Å². The van der Waals surface area contributed by atoms with Gasteiger partial charge in [-0.1, -0.05) is 26.0 Å². The van der Waals surface area contributed by atoms with Crippen molar-refractivity contribution in [2.24, 2.45) is 5.92 Å². The first kappa shape index (κ1) is 18.7. The van der Waals surface area contributed by atoms with Crippen molar-refractivity contribution in [2.75, 3.05) is 17.2 Å². The van der Waals surface area contributed by atoms with Crippen LogP contribution in [-0.4, -0.2) is 28.8 Å². The smallest absolute Gasteiger partial charge is 0.276 e. The van der Waals surface area contributed by atoms with E-state index in [9.17, 15) is 4.79 Å². The van der Waals surface area contributed by atoms with Crippen LogP contribution in [0.2, 0.25) is 0 Å². The van der Waals surface area contributed by atoms with E-state index < -0.39 is 0 Å². The summed E-state index contributed by atoms with van der Waals surface area (Å²) in [5.41, 5.74) is 0.871. The highest BCUT2D eigenvalue weighted by Crippen LogP contribution is 2.25. The lowest BCUT2D eigenvalue weighted by Gasteiger charge is -2.14. The maximum Gasteiger partial charge on any atom is 0.276 e. The molecule has 6 nitrogen and oxygen atoms in total. The fourth-order valence-electron chi connectivity index (χ4n) is 2.15. The van der Waals surface area contributed by atoms with Crippen LogP contribution in [0.5, 0.6) is 5.75 Å². The van der Waals surface area contributed by atoms with Crippen LogP contribution in [0.4, 0.5) is 11.5 Å². The van der Waals surface area contributed by atoms with Crippen LogP contribution in [0.15, 0.2) is 36.4 Å². The number of para-hydroxylation sites is 2. The third kappa shape index (κ3) is 6.06. The highest BCUT2D eigenvalue weighted by atomic mass is 16.5. The lowest BCUT2D eigenvalue weighted by molar-refractivity contribution is 0.102. The molecule has 0 saturated heterocycles. The Bertz CT molecular complexity index is 684. The molecule has 0 aliphatic heterocycles. The molecule has 0 unspecified atom stereocenters. The Balaban J connectivity index is 1.99. The van der Waals surface area contributed by atoms with Gasteiger partial charge in [0.05, 0.1) is 11.8 Å². The van der Waals surface area contributed by atoms with Gasteiger partial charge < -0.3 is 15.4 Å². The highest BCUT2D eigenvalue weighted by Gasteiger charge is 2.12. The lowest BCUT2D eigenvalue weighted by atomic mass is 10.1. The normalized spacial score (nSPS) is 10.8. The van der Waals surface area contributed by atoms with Gasteiger partial charge in [-0.3, -0.25) is 4.79 Å². The molecule has 0 atom stereocenters. The molecule has 2 rings (SSSR count). The van der Waals surface area contributed by atoms with Crippen molar-refractivity contribution in [1.29, 1.82) is 0 Å². The molecule has 1 aromatic heterocycles. The molecule has 6 heteroatoms. The summed E-state index contributed by atoms with van der Waals surface area (Å²) in [7, 11) is 0. The van der Waals surface area contributed by atoms with Gasteiger partial charge in [0.15, 0.2) is 5.69 Å². The summed E-state index contributed by atoms with van der Waals surface area (Å²) in [4.78, 5) is 12.4. The Kier molecular flexibility index (Phi) is 6.74. The zero-order valence-electron chi connectivity index (χ0n) is 15.2. The number of hydrogen-bond donors (Lipinski definition) is 2. The molecule has 1 aromatic carbocycles. The molecule has 2 aromatic rings. The SMILES string of the molecule is CC(C)CCNc1ccc(C(=O)Nc2ccccc2OC(C)C)nn1. The fraction of sp³-hybridized carbons (Fsp3) is 0.421. The Morgan fingerprint density at radius 1 is 1.08 bits per heavy atom. The molecule has 2 N–H and O–H groups in total. The number of anilines is 2. The summed E-state index contributed by atoms with van der Waals surface area (Å²) in [6, 6.07) is 10.7. The number of aromatic nitrogens is 2. The minimum absolute atomic E-state index is 0.0223. The third-order valence-corrected chi connectivity index (χ3v) is 3.42. The van der Waals surface area contributed by atoms with Gasteiger partial charge in [0.1, 0.15) is 11.6 Å². The number of ether oxygens (including phenoxy) is 1. The van der Waals surface area contributed by atoms with Gasteiger partial charge in [-0.05, 0) is 50.5 Å². The fourth-order valence-corrected chi connectivity index (χ4v) is 2.15. The van der Waals surface area contributed by atoms with Gasteiger partial charge in [-0.2, -0.15) is 0 Å². The first-order chi connectivity index (χ1) is 12.0. The largest absolute Gasteiger partial charge is 0.489 e. The van der Waals surface area contributed by atoms with Gasteiger partial charge in [0.25, 0.3) is 5.91 Å². The minimum Gasteiger partial charge on any atom is -0.489 e. The van der Waals surface area contributed by atoms with Gasteiger partial charge in [0, 0.05) is 6.54 Å². The van der Waals surface area contributed by atoms with Gasteiger partial charge in [-0.25, -0.2) is 0 Å². The second-order valence-corrected chi connectivity index (χ2v) is 6.53. The maximum atomic E-state index is 12.4. The molecule has 0 fully saturated rings. The van der Waals surface area contributed by atoms with Crippen LogP contribution >= 0.6 is 0 Å². The van der Waals surface area contributed by atoms with Crippen molar-refractivity contribution in [1.82, 2.24) is 10.2 Å². The Morgan fingerprint density at radius 2 is 1.84 bits per heavy atom. The van der Waals surface area contributed by atoms with E-state index in [2.05, 4.69) is 34.7 Å². The van der Waals surface area contributed by atoms with E-state index in [4.69, 9.17) is 4.74 Å². The maximum absolute atomic E-state index is 12.4. The standard InChI is InChI=1S/C19H26N4O2/c1-13(2)11-12-20-18-10-9-16(22-23-18)19(24)21-15-7-5-6-8-17(15)25-14(3)4/h5-10,13-14H,11-12H2,1-4H3,(H,20,23)(H,21,24). The molecule has 0 aliphatic carbocycles. The second kappa shape index (κ2) is 9.01. The highest BCUT2D eigenvalue weighted by molar-refractivity contribution is 6.03. The number of rotatable bonds is 8. The third-order valence-electron chi connectivity index (χ3n) is 3.42. The number of hydrogen-bond acceptors (Lipinski definition) is 5. The molecule has 134 valence electrons. The topological polar surface area (TPSA) is 76.1 Å². The monoisotopic (exact) mass is 342 g/mol. The van der Waals surface area contributed by atoms with E-state index >= 15 is 0 Å². The van der Waals surface area contributed by atoms with Crippen LogP contribution in [0.25, 0.3) is 0 Å². The predicted octanol–water partition coefficient (Wildman–Crippen LogP) is 3.97. The first-order valence-electron chi connectivity index (χ1n) is 8.60. The molecule has 1 heterocycles. The molecule has 0 spiro atoms. The van der Waals surface area contributed by atoms with Crippen molar-refractivity contribution in [3.8, 4) is 5.75 Å². The van der Waals surface area contributed by atoms with Crippen LogP contribution in [0.1, 0.15) is 44.6 Å². The molecule has 0 aliphatic rings. The van der Waals surface area contributed by atoms with E-state index in [1.54, 1.807) is 18.2 Å². The van der Waals surface area contributed by atoms with E-state index in [0.29, 0.717) is 23.2 Å². The lowest BCUT2D eigenvalue weighted by Crippen LogP contribution is -2.16. The van der Waals surface area contributed by atoms with Crippen LogP contribution in [0.3, 0.4) is 0 Å². The molecular formula is C19H26N4O2. The Labute approximate surface area is 149 Å². The van der Waals surface area contributed by atoms with E-state index in [1.807, 2.05) is 32.0 Å².